The van der Waals surface area contributed by atoms with Gasteiger partial charge in [0.1, 0.15) is 43.0 Å². The summed E-state index contributed by atoms with van der Waals surface area (Å²) in [5.74, 6) is 0. The summed E-state index contributed by atoms with van der Waals surface area (Å²) >= 11 is 27.0. The molecule has 294 valence electrons. The van der Waals surface area contributed by atoms with E-state index >= 15 is 0 Å². The lowest BCUT2D eigenvalue weighted by Gasteiger charge is -2.06. The summed E-state index contributed by atoms with van der Waals surface area (Å²) in [4.78, 5) is 0. The van der Waals surface area contributed by atoms with E-state index in [1.165, 1.54) is 12.1 Å². The van der Waals surface area contributed by atoms with Gasteiger partial charge in [0.2, 0.25) is 0 Å². The molecule has 0 aliphatic rings. The second-order valence-electron chi connectivity index (χ2n) is 12.5. The van der Waals surface area contributed by atoms with Crippen LogP contribution in [0.15, 0.2) is 65.8 Å². The third kappa shape index (κ3) is 7.70. The van der Waals surface area contributed by atoms with Gasteiger partial charge in [-0.2, -0.15) is 27.0 Å². The van der Waals surface area contributed by atoms with Crippen LogP contribution in [0, 0.1) is 0 Å². The summed E-state index contributed by atoms with van der Waals surface area (Å²) in [6, 6.07) is 12.4. The average Bonchev–Trinajstić information content (AvgIpc) is 3.94. The van der Waals surface area contributed by atoms with E-state index in [2.05, 4.69) is 10.2 Å². The van der Waals surface area contributed by atoms with Crippen molar-refractivity contribution in [3.63, 3.8) is 0 Å². The smallest absolute Gasteiger partial charge is 0.304 e. The second-order valence-corrected chi connectivity index (χ2v) is 19.5. The first-order valence-corrected chi connectivity index (χ1v) is 22.6. The van der Waals surface area contributed by atoms with Gasteiger partial charge >= 0.3 is 20.2 Å². The highest BCUT2D eigenvalue weighted by atomic mass is 35.5. The Morgan fingerprint density at radius 1 is 0.625 bits per heavy atom. The number of aromatic nitrogens is 4. The van der Waals surface area contributed by atoms with Crippen LogP contribution in [0.5, 0.6) is 0 Å². The predicted octanol–water partition coefficient (Wildman–Crippen LogP) is 10.4. The molecule has 6 heterocycles. The largest absolute Gasteiger partial charge is 0.451 e. The van der Waals surface area contributed by atoms with Crippen LogP contribution in [0.1, 0.15) is 37.1 Å². The molecule has 8 rings (SSSR count). The van der Waals surface area contributed by atoms with Gasteiger partial charge in [0.25, 0.3) is 0 Å². The number of furan rings is 2. The van der Waals surface area contributed by atoms with Gasteiger partial charge < -0.3 is 18.3 Å². The molecular formula is C34H26Cl4N4O10S4. The number of ether oxygens (including phenoxy) is 2. The van der Waals surface area contributed by atoms with Crippen LogP contribution in [0.2, 0.25) is 20.1 Å². The molecule has 0 fully saturated rings. The molecule has 6 aromatic heterocycles. The number of hydrogen-bond donors (Lipinski definition) is 2. The highest BCUT2D eigenvalue weighted by Crippen LogP contribution is 2.42. The van der Waals surface area contributed by atoms with Crippen LogP contribution in [-0.2, 0) is 42.9 Å². The quantitative estimate of drug-likeness (QED) is 0.0732. The molecule has 8 aromatic rings. The lowest BCUT2D eigenvalue weighted by atomic mass is 10.2. The Morgan fingerprint density at radius 2 is 1.04 bits per heavy atom. The normalized spacial score (nSPS) is 12.8. The highest BCUT2D eigenvalue weighted by Gasteiger charge is 2.27. The molecule has 56 heavy (non-hydrogen) atoms. The zero-order valence-corrected chi connectivity index (χ0v) is 34.7. The van der Waals surface area contributed by atoms with Gasteiger partial charge in [-0.15, -0.1) is 22.7 Å². The van der Waals surface area contributed by atoms with Crippen molar-refractivity contribution in [2.75, 3.05) is 13.2 Å². The zero-order chi connectivity index (χ0) is 39.5. The molecule has 14 nitrogen and oxygen atoms in total. The Bertz CT molecular complexity index is 2820. The third-order valence-electron chi connectivity index (χ3n) is 8.61. The minimum absolute atomic E-state index is 0.119. The number of thiophene rings is 2. The van der Waals surface area contributed by atoms with E-state index in [0.717, 1.165) is 48.4 Å². The van der Waals surface area contributed by atoms with Gasteiger partial charge in [0.15, 0.2) is 19.6 Å². The Labute approximate surface area is 345 Å². The van der Waals surface area contributed by atoms with Gasteiger partial charge in [-0.1, -0.05) is 59.2 Å². The lowest BCUT2D eigenvalue weighted by Crippen LogP contribution is -2.01. The van der Waals surface area contributed by atoms with E-state index in [1.54, 1.807) is 45.8 Å². The Hall–Kier alpha value is -3.24. The van der Waals surface area contributed by atoms with E-state index in [4.69, 9.17) is 64.7 Å². The fourth-order valence-electron chi connectivity index (χ4n) is 6.12. The molecule has 0 radical (unpaired) electrons. The molecule has 0 saturated carbocycles. The molecule has 0 spiro atoms. The van der Waals surface area contributed by atoms with E-state index in [-0.39, 0.29) is 32.8 Å². The van der Waals surface area contributed by atoms with Crippen LogP contribution in [-0.4, -0.2) is 58.7 Å². The summed E-state index contributed by atoms with van der Waals surface area (Å²) in [7, 11) is -8.88. The monoisotopic (exact) mass is 918 g/mol. The van der Waals surface area contributed by atoms with Gasteiger partial charge in [-0.05, 0) is 49.2 Å². The number of fused-ring (bicyclic) bond motifs is 6. The molecule has 22 heteroatoms. The van der Waals surface area contributed by atoms with Crippen molar-refractivity contribution >= 4 is 132 Å². The topological polar surface area (TPSA) is 189 Å². The van der Waals surface area contributed by atoms with Crippen LogP contribution in [0.25, 0.3) is 54.1 Å². The summed E-state index contributed by atoms with van der Waals surface area (Å²) in [5.41, 5.74) is 4.33. The number of hydrogen-bond acceptors (Lipinski definition) is 12. The van der Waals surface area contributed by atoms with Crippen molar-refractivity contribution in [2.24, 2.45) is 0 Å². The maximum Gasteiger partial charge on any atom is 0.304 e. The van der Waals surface area contributed by atoms with Crippen molar-refractivity contribution < 1.29 is 44.2 Å². The maximum atomic E-state index is 11.8. The molecule has 2 aromatic carbocycles. The molecule has 0 bridgehead atoms. The molecular weight excluding hydrogens is 894 g/mol. The average molecular weight is 921 g/mol. The van der Waals surface area contributed by atoms with E-state index < -0.39 is 20.2 Å². The first kappa shape index (κ1) is 39.6. The van der Waals surface area contributed by atoms with Crippen molar-refractivity contribution in [2.45, 2.75) is 47.3 Å². The third-order valence-corrected chi connectivity index (χ3v) is 14.5. The lowest BCUT2D eigenvalue weighted by molar-refractivity contribution is 0.106. The summed E-state index contributed by atoms with van der Waals surface area (Å²) in [6.07, 6.45) is 3.25. The number of nitrogens with zero attached hydrogens (tertiary/aromatic N) is 4. The van der Waals surface area contributed by atoms with Crippen molar-refractivity contribution in [3.05, 3.63) is 80.0 Å². The first-order chi connectivity index (χ1) is 26.7. The fraction of sp³-hybridized carbons (Fsp3) is 0.235. The van der Waals surface area contributed by atoms with E-state index in [1.807, 2.05) is 0 Å². The van der Waals surface area contributed by atoms with Crippen LogP contribution >= 0.6 is 69.1 Å². The second kappa shape index (κ2) is 15.5. The fourth-order valence-corrected chi connectivity index (χ4v) is 10.6. The molecule has 0 aliphatic carbocycles. The predicted molar refractivity (Wildman–Crippen MR) is 215 cm³/mol. The van der Waals surface area contributed by atoms with E-state index in [0.29, 0.717) is 87.7 Å². The number of unbranched alkanes of at least 4 members (excludes halogenated alkanes) is 3. The standard InChI is InChI=1S/C34H26Cl4N4O10S4/c35-17-5-7-23(19(37)11-17)41-29-31(51-25-13-27(53-33(25)29)55(43,44)45)21(39-41)15-49-9-3-1-2-4-10-50-16-22-32-30(34-26(52-32)14-28(54-34)56(46,47)48)42(40-22)24-8-6-18(36)12-20(24)38/h5-8,11-14H,1-4,9-10,15-16H2,(H,43,44,45)(H,46,47,48). The van der Waals surface area contributed by atoms with Gasteiger partial charge in [-0.3, -0.25) is 9.11 Å². The summed E-state index contributed by atoms with van der Waals surface area (Å²) in [6.45, 7) is 1.12. The Morgan fingerprint density at radius 3 is 1.41 bits per heavy atom. The first-order valence-electron chi connectivity index (χ1n) is 16.6. The minimum Gasteiger partial charge on any atom is -0.451 e. The van der Waals surface area contributed by atoms with Crippen LogP contribution in [0.3, 0.4) is 0 Å². The molecule has 2 N–H and O–H groups in total. The van der Waals surface area contributed by atoms with Gasteiger partial charge in [0, 0.05) is 35.4 Å². The number of halogens is 4. The van der Waals surface area contributed by atoms with Gasteiger partial charge in [0.05, 0.1) is 34.6 Å². The molecule has 0 aliphatic heterocycles. The minimum atomic E-state index is -4.44. The highest BCUT2D eigenvalue weighted by molar-refractivity contribution is 7.88. The van der Waals surface area contributed by atoms with Crippen molar-refractivity contribution in [1.29, 1.82) is 0 Å². The molecule has 0 atom stereocenters. The van der Waals surface area contributed by atoms with Gasteiger partial charge in [-0.25, -0.2) is 9.36 Å². The molecule has 0 saturated heterocycles. The van der Waals surface area contributed by atoms with Crippen LogP contribution in [0.4, 0.5) is 0 Å². The van der Waals surface area contributed by atoms with Crippen LogP contribution < -0.4 is 0 Å². The Balaban J connectivity index is 0.876. The summed E-state index contributed by atoms with van der Waals surface area (Å²) < 4.78 is 93.9. The van der Waals surface area contributed by atoms with E-state index in [9.17, 15) is 25.9 Å². The van der Waals surface area contributed by atoms with Crippen molar-refractivity contribution in [3.8, 4) is 11.4 Å². The number of rotatable bonds is 15. The molecule has 0 amide bonds. The maximum absolute atomic E-state index is 11.8. The number of benzene rings is 2. The summed E-state index contributed by atoms with van der Waals surface area (Å²) in [5, 5.41) is 10.9. The SMILES string of the molecule is O=S(=O)(O)c1cc2oc3c(COCCCCCCOCc4nn(-c5ccc(Cl)cc5Cl)c5c4oc4cc(S(=O)(=O)O)sc45)nn(-c4ccc(Cl)cc4Cl)c3c2s1. The zero-order valence-electron chi connectivity index (χ0n) is 28.4. The van der Waals surface area contributed by atoms with Crippen molar-refractivity contribution in [1.82, 2.24) is 19.6 Å². The molecule has 0 unspecified atom stereocenters. The Kier molecular flexibility index (Phi) is 11.0.